The third-order valence-corrected chi connectivity index (χ3v) is 3.55. The van der Waals surface area contributed by atoms with Crippen molar-refractivity contribution in [2.75, 3.05) is 10.8 Å². The summed E-state index contributed by atoms with van der Waals surface area (Å²) < 4.78 is 13.0. The van der Waals surface area contributed by atoms with Crippen LogP contribution in [0.15, 0.2) is 48.5 Å². The van der Waals surface area contributed by atoms with Crippen molar-refractivity contribution < 1.29 is 9.18 Å². The zero-order chi connectivity index (χ0) is 15.2. The Morgan fingerprint density at radius 3 is 2.14 bits per heavy atom. The van der Waals surface area contributed by atoms with Gasteiger partial charge in [-0.05, 0) is 41.8 Å². The maximum Gasteiger partial charge on any atom is 0.242 e. The van der Waals surface area contributed by atoms with E-state index in [2.05, 4.69) is 6.92 Å². The number of benzene rings is 2. The largest absolute Gasteiger partial charge is 0.307 e. The second-order valence-electron chi connectivity index (χ2n) is 4.76. The summed E-state index contributed by atoms with van der Waals surface area (Å²) in [7, 11) is 0. The van der Waals surface area contributed by atoms with Crippen LogP contribution in [0.25, 0.3) is 0 Å². The lowest BCUT2D eigenvalue weighted by atomic mass is 10.1. The first kappa shape index (κ1) is 15.5. The quantitative estimate of drug-likeness (QED) is 0.760. The minimum absolute atomic E-state index is 0.0866. The smallest absolute Gasteiger partial charge is 0.242 e. The van der Waals surface area contributed by atoms with Gasteiger partial charge in [-0.3, -0.25) is 4.79 Å². The van der Waals surface area contributed by atoms with E-state index in [-0.39, 0.29) is 17.6 Å². The van der Waals surface area contributed by atoms with Crippen molar-refractivity contribution in [1.82, 2.24) is 0 Å². The minimum Gasteiger partial charge on any atom is -0.307 e. The van der Waals surface area contributed by atoms with Crippen LogP contribution in [0.4, 0.5) is 10.1 Å². The Balaban J connectivity index is 2.25. The first-order valence-corrected chi connectivity index (χ1v) is 7.37. The third-order valence-electron chi connectivity index (χ3n) is 3.33. The van der Waals surface area contributed by atoms with Crippen LogP contribution in [0.5, 0.6) is 0 Å². The summed E-state index contributed by atoms with van der Waals surface area (Å²) in [5.74, 6) is -0.553. The van der Waals surface area contributed by atoms with E-state index in [9.17, 15) is 9.18 Å². The lowest BCUT2D eigenvalue weighted by Gasteiger charge is -2.22. The summed E-state index contributed by atoms with van der Waals surface area (Å²) in [6.07, 6.45) is 0.946. The maximum atomic E-state index is 13.0. The van der Waals surface area contributed by atoms with Crippen LogP contribution in [0.3, 0.4) is 0 Å². The molecule has 2 nitrogen and oxygen atoms in total. The number of rotatable bonds is 5. The molecule has 0 aliphatic rings. The molecule has 0 saturated heterocycles. The van der Waals surface area contributed by atoms with E-state index in [4.69, 9.17) is 11.6 Å². The van der Waals surface area contributed by atoms with Crippen molar-refractivity contribution in [1.29, 1.82) is 0 Å². The number of carbonyl (C=O) groups excluding carboxylic acids is 1. The number of alkyl halides is 1. The van der Waals surface area contributed by atoms with Crippen molar-refractivity contribution in [3.8, 4) is 0 Å². The molecule has 0 aliphatic heterocycles. The van der Waals surface area contributed by atoms with Gasteiger partial charge in [0.15, 0.2) is 0 Å². The second kappa shape index (κ2) is 7.23. The highest BCUT2D eigenvalue weighted by Crippen LogP contribution is 2.19. The average molecular weight is 306 g/mol. The third kappa shape index (κ3) is 4.05. The van der Waals surface area contributed by atoms with Crippen molar-refractivity contribution in [3.63, 3.8) is 0 Å². The van der Waals surface area contributed by atoms with Crippen LogP contribution in [0.2, 0.25) is 0 Å². The molecular weight excluding hydrogens is 289 g/mol. The maximum absolute atomic E-state index is 13.0. The molecular formula is C17H17ClFNO. The number of anilines is 1. The first-order valence-electron chi connectivity index (χ1n) is 6.83. The molecule has 110 valence electrons. The van der Waals surface area contributed by atoms with Crippen molar-refractivity contribution in [2.24, 2.45) is 0 Å². The Hall–Kier alpha value is -1.87. The molecule has 2 rings (SSSR count). The second-order valence-corrected chi connectivity index (χ2v) is 5.03. The molecule has 1 amide bonds. The summed E-state index contributed by atoms with van der Waals surface area (Å²) in [5.41, 5.74) is 2.86. The highest BCUT2D eigenvalue weighted by molar-refractivity contribution is 6.29. The minimum atomic E-state index is -0.290. The fourth-order valence-electron chi connectivity index (χ4n) is 2.08. The molecule has 0 saturated carbocycles. The number of halogens is 2. The molecule has 0 spiro atoms. The van der Waals surface area contributed by atoms with Crippen LogP contribution in [0.1, 0.15) is 18.1 Å². The topological polar surface area (TPSA) is 20.3 Å². The molecule has 4 heteroatoms. The predicted octanol–water partition coefficient (Wildman–Crippen LogP) is 4.16. The van der Waals surface area contributed by atoms with Gasteiger partial charge in [-0.15, -0.1) is 11.6 Å². The summed E-state index contributed by atoms with van der Waals surface area (Å²) in [6.45, 7) is 2.45. The lowest BCUT2D eigenvalue weighted by Crippen LogP contribution is -2.31. The molecule has 2 aromatic carbocycles. The van der Waals surface area contributed by atoms with Crippen molar-refractivity contribution in [3.05, 3.63) is 65.5 Å². The Morgan fingerprint density at radius 2 is 1.62 bits per heavy atom. The Bertz CT molecular complexity index is 595. The molecule has 2 aromatic rings. The Morgan fingerprint density at radius 1 is 1.05 bits per heavy atom. The van der Waals surface area contributed by atoms with Gasteiger partial charge in [-0.1, -0.05) is 31.2 Å². The van der Waals surface area contributed by atoms with E-state index in [1.165, 1.54) is 17.7 Å². The molecule has 0 aliphatic carbocycles. The summed E-state index contributed by atoms with van der Waals surface area (Å²) in [4.78, 5) is 13.7. The van der Waals surface area contributed by atoms with Gasteiger partial charge in [0.1, 0.15) is 11.7 Å². The van der Waals surface area contributed by atoms with Crippen molar-refractivity contribution in [2.45, 2.75) is 19.9 Å². The number of aryl methyl sites for hydroxylation is 1. The van der Waals surface area contributed by atoms with Gasteiger partial charge in [0, 0.05) is 5.69 Å². The van der Waals surface area contributed by atoms with Gasteiger partial charge >= 0.3 is 0 Å². The van der Waals surface area contributed by atoms with Crippen LogP contribution in [-0.2, 0) is 17.8 Å². The monoisotopic (exact) mass is 305 g/mol. The van der Waals surface area contributed by atoms with E-state index in [0.717, 1.165) is 17.7 Å². The number of carbonyl (C=O) groups is 1. The molecule has 21 heavy (non-hydrogen) atoms. The summed E-state index contributed by atoms with van der Waals surface area (Å²) in [6, 6.07) is 13.9. The first-order chi connectivity index (χ1) is 10.1. The van der Waals surface area contributed by atoms with E-state index in [0.29, 0.717) is 6.54 Å². The van der Waals surface area contributed by atoms with Crippen LogP contribution < -0.4 is 4.90 Å². The fourth-order valence-corrected chi connectivity index (χ4v) is 2.22. The van der Waals surface area contributed by atoms with Gasteiger partial charge < -0.3 is 4.90 Å². The SMILES string of the molecule is CCc1ccc(N(Cc2ccc(F)cc2)C(=O)CCl)cc1. The molecule has 0 heterocycles. The Labute approximate surface area is 129 Å². The lowest BCUT2D eigenvalue weighted by molar-refractivity contribution is -0.116. The van der Waals surface area contributed by atoms with Crippen LogP contribution in [0, 0.1) is 5.82 Å². The zero-order valence-electron chi connectivity index (χ0n) is 11.9. The highest BCUT2D eigenvalue weighted by Gasteiger charge is 2.15. The van der Waals surface area contributed by atoms with Gasteiger partial charge in [-0.2, -0.15) is 0 Å². The Kier molecular flexibility index (Phi) is 5.34. The van der Waals surface area contributed by atoms with Gasteiger partial charge in [-0.25, -0.2) is 4.39 Å². The van der Waals surface area contributed by atoms with Gasteiger partial charge in [0.05, 0.1) is 6.54 Å². The number of hydrogen-bond acceptors (Lipinski definition) is 1. The van der Waals surface area contributed by atoms with Crippen molar-refractivity contribution >= 4 is 23.2 Å². The normalized spacial score (nSPS) is 10.4. The van der Waals surface area contributed by atoms with E-state index >= 15 is 0 Å². The van der Waals surface area contributed by atoms with E-state index in [1.807, 2.05) is 24.3 Å². The number of nitrogens with zero attached hydrogens (tertiary/aromatic N) is 1. The summed E-state index contributed by atoms with van der Waals surface area (Å²) in [5, 5.41) is 0. The molecule has 0 aromatic heterocycles. The van der Waals surface area contributed by atoms with E-state index < -0.39 is 0 Å². The molecule has 0 fully saturated rings. The van der Waals surface area contributed by atoms with E-state index in [1.54, 1.807) is 17.0 Å². The van der Waals surface area contributed by atoms with Crippen LogP contribution in [-0.4, -0.2) is 11.8 Å². The van der Waals surface area contributed by atoms with Gasteiger partial charge in [0.25, 0.3) is 0 Å². The fraction of sp³-hybridized carbons (Fsp3) is 0.235. The highest BCUT2D eigenvalue weighted by atomic mass is 35.5. The molecule has 0 N–H and O–H groups in total. The standard InChI is InChI=1S/C17H17ClFNO/c1-2-13-5-9-16(10-6-13)20(17(21)11-18)12-14-3-7-15(19)8-4-14/h3-10H,2,11-12H2,1H3. The predicted molar refractivity (Wildman–Crippen MR) is 84.1 cm³/mol. The number of hydrogen-bond donors (Lipinski definition) is 0. The summed E-state index contributed by atoms with van der Waals surface area (Å²) >= 11 is 5.70. The molecule has 0 radical (unpaired) electrons. The molecule has 0 unspecified atom stereocenters. The number of amides is 1. The zero-order valence-corrected chi connectivity index (χ0v) is 12.6. The molecule has 0 bridgehead atoms. The van der Waals surface area contributed by atoms with Gasteiger partial charge in [0.2, 0.25) is 5.91 Å². The van der Waals surface area contributed by atoms with Crippen LogP contribution >= 0.6 is 11.6 Å². The molecule has 0 atom stereocenters. The average Bonchev–Trinajstić information content (AvgIpc) is 2.54.